The smallest absolute Gasteiger partial charge is 0.302 e. The molecule has 2 aliphatic heterocycles. The lowest BCUT2D eigenvalue weighted by Gasteiger charge is -2.29. The van der Waals surface area contributed by atoms with Crippen LogP contribution >= 0.6 is 0 Å². The molecule has 5 heterocycles. The minimum absolute atomic E-state index is 0.475. The number of benzene rings is 1. The van der Waals surface area contributed by atoms with Gasteiger partial charge in [0.1, 0.15) is 5.82 Å². The Bertz CT molecular complexity index is 1420. The summed E-state index contributed by atoms with van der Waals surface area (Å²) in [6, 6.07) is 12.3. The molecule has 2 fully saturated rings. The summed E-state index contributed by atoms with van der Waals surface area (Å²) in [7, 11) is 2.17. The molecule has 8 nitrogen and oxygen atoms in total. The van der Waals surface area contributed by atoms with Crippen LogP contribution in [0.15, 0.2) is 55.0 Å². The second-order valence-electron chi connectivity index (χ2n) is 10.1. The molecule has 0 saturated carbocycles. The Balaban J connectivity index is 1.42. The number of imidazole rings is 1. The number of piperidine rings is 1. The molecule has 0 unspecified atom stereocenters. The predicted molar refractivity (Wildman–Crippen MR) is 145 cm³/mol. The summed E-state index contributed by atoms with van der Waals surface area (Å²) < 4.78 is 8.30. The van der Waals surface area contributed by atoms with Gasteiger partial charge in [-0.2, -0.15) is 4.98 Å². The van der Waals surface area contributed by atoms with Crippen LogP contribution in [0.25, 0.3) is 32.9 Å². The molecule has 6 rings (SSSR count). The number of hydrogen-bond donors (Lipinski definition) is 0. The highest BCUT2D eigenvalue weighted by atomic mass is 16.5. The predicted octanol–water partition coefficient (Wildman–Crippen LogP) is 5.33. The van der Waals surface area contributed by atoms with Gasteiger partial charge in [0, 0.05) is 49.7 Å². The third kappa shape index (κ3) is 4.75. The van der Waals surface area contributed by atoms with Crippen LogP contribution in [0.5, 0.6) is 6.01 Å². The number of pyridine rings is 1. The van der Waals surface area contributed by atoms with E-state index in [2.05, 4.69) is 33.8 Å². The van der Waals surface area contributed by atoms with Crippen LogP contribution in [0, 0.1) is 12.5 Å². The second-order valence-corrected chi connectivity index (χ2v) is 10.1. The van der Waals surface area contributed by atoms with Gasteiger partial charge in [-0.25, -0.2) is 14.8 Å². The summed E-state index contributed by atoms with van der Waals surface area (Å²) in [5, 5.41) is 0. The first-order valence-corrected chi connectivity index (χ1v) is 13.1. The Kier molecular flexibility index (Phi) is 6.46. The molecule has 37 heavy (non-hydrogen) atoms. The Labute approximate surface area is 217 Å². The van der Waals surface area contributed by atoms with Crippen LogP contribution in [-0.4, -0.2) is 64.1 Å². The van der Waals surface area contributed by atoms with Crippen LogP contribution in [-0.2, 0) is 0 Å². The normalized spacial score (nSPS) is 18.3. The molecule has 188 valence electrons. The third-order valence-electron chi connectivity index (χ3n) is 7.42. The maximum Gasteiger partial charge on any atom is 0.302 e. The van der Waals surface area contributed by atoms with E-state index in [1.807, 2.05) is 41.1 Å². The van der Waals surface area contributed by atoms with Gasteiger partial charge in [-0.15, -0.1) is 0 Å². The molecule has 2 saturated heterocycles. The fourth-order valence-electron chi connectivity index (χ4n) is 5.49. The second kappa shape index (κ2) is 10.2. The summed E-state index contributed by atoms with van der Waals surface area (Å²) in [4.78, 5) is 22.8. The molecule has 1 atom stereocenters. The largest absolute Gasteiger partial charge is 0.464 e. The van der Waals surface area contributed by atoms with Gasteiger partial charge in [-0.05, 0) is 57.0 Å². The average molecular weight is 494 g/mol. The number of anilines is 1. The molecule has 0 aliphatic carbocycles. The molecule has 0 radical (unpaired) electrons. The van der Waals surface area contributed by atoms with Gasteiger partial charge in [0.25, 0.3) is 0 Å². The van der Waals surface area contributed by atoms with E-state index >= 15 is 0 Å². The monoisotopic (exact) mass is 493 g/mol. The van der Waals surface area contributed by atoms with Crippen molar-refractivity contribution in [3.05, 3.63) is 66.4 Å². The molecule has 8 heteroatoms. The number of nitrogens with zero attached hydrogens (tertiary/aromatic N) is 7. The minimum Gasteiger partial charge on any atom is -0.464 e. The molecular formula is C29H31N7O. The average Bonchev–Trinajstić information content (AvgIpc) is 3.65. The van der Waals surface area contributed by atoms with Crippen LogP contribution in [0.3, 0.4) is 0 Å². The van der Waals surface area contributed by atoms with E-state index in [0.29, 0.717) is 24.2 Å². The number of hydrogen-bond acceptors (Lipinski definition) is 6. The van der Waals surface area contributed by atoms with Gasteiger partial charge >= 0.3 is 6.01 Å². The first-order valence-electron chi connectivity index (χ1n) is 13.1. The van der Waals surface area contributed by atoms with E-state index in [1.165, 1.54) is 19.3 Å². The quantitative estimate of drug-likeness (QED) is 0.338. The molecule has 1 aromatic carbocycles. The molecule has 0 spiro atoms. The minimum atomic E-state index is 0.475. The van der Waals surface area contributed by atoms with Crippen molar-refractivity contribution in [3.63, 3.8) is 0 Å². The maximum atomic E-state index is 7.33. The van der Waals surface area contributed by atoms with Crippen molar-refractivity contribution in [1.29, 1.82) is 0 Å². The van der Waals surface area contributed by atoms with Crippen LogP contribution < -0.4 is 9.64 Å². The van der Waals surface area contributed by atoms with E-state index in [-0.39, 0.29) is 0 Å². The standard InChI is InChI=1S/C29H31N7O/c1-30-24-10-7-22(8-11-24)27-26(23-9-12-25(32-18-23)35-15-3-4-16-35)28-31-13-17-36(28)29(33-27)37-20-21-6-5-14-34(2)19-21/h7-13,17-18,21H,3-6,14-16,19-20H2,2H3/t21-/m1/s1. The molecule has 0 N–H and O–H groups in total. The van der Waals surface area contributed by atoms with Crippen LogP contribution in [0.1, 0.15) is 25.7 Å². The number of fused-ring (bicyclic) bond motifs is 1. The number of aromatic nitrogens is 4. The highest BCUT2D eigenvalue weighted by Crippen LogP contribution is 2.37. The Morgan fingerprint density at radius 3 is 2.54 bits per heavy atom. The fraction of sp³-hybridized carbons (Fsp3) is 0.379. The summed E-state index contributed by atoms with van der Waals surface area (Å²) >= 11 is 0. The summed E-state index contributed by atoms with van der Waals surface area (Å²) in [6.45, 7) is 12.2. The van der Waals surface area contributed by atoms with Crippen molar-refractivity contribution in [2.24, 2.45) is 5.92 Å². The van der Waals surface area contributed by atoms with E-state index < -0.39 is 0 Å². The van der Waals surface area contributed by atoms with Crippen LogP contribution in [0.4, 0.5) is 11.5 Å². The highest BCUT2D eigenvalue weighted by Gasteiger charge is 2.23. The summed E-state index contributed by atoms with van der Waals surface area (Å²) in [6.07, 6.45) is 10.4. The Hall–Kier alpha value is -3.96. The van der Waals surface area contributed by atoms with Gasteiger partial charge in [0.05, 0.1) is 24.4 Å². The van der Waals surface area contributed by atoms with Gasteiger partial charge in [-0.1, -0.05) is 24.3 Å². The van der Waals surface area contributed by atoms with Gasteiger partial charge in [0.2, 0.25) is 0 Å². The van der Waals surface area contributed by atoms with Gasteiger partial charge in [0.15, 0.2) is 11.3 Å². The van der Waals surface area contributed by atoms with E-state index in [9.17, 15) is 0 Å². The van der Waals surface area contributed by atoms with Crippen molar-refractivity contribution in [1.82, 2.24) is 24.3 Å². The molecule has 4 aromatic rings. The topological polar surface area (TPSA) is 63.1 Å². The zero-order valence-electron chi connectivity index (χ0n) is 21.2. The van der Waals surface area contributed by atoms with E-state index in [0.717, 1.165) is 66.4 Å². The highest BCUT2D eigenvalue weighted by molar-refractivity contribution is 5.90. The fourth-order valence-corrected chi connectivity index (χ4v) is 5.49. The van der Waals surface area contributed by atoms with Crippen molar-refractivity contribution in [2.75, 3.05) is 44.7 Å². The van der Waals surface area contributed by atoms with Gasteiger partial charge < -0.3 is 14.5 Å². The Morgan fingerprint density at radius 2 is 1.81 bits per heavy atom. The van der Waals surface area contributed by atoms with Gasteiger partial charge in [-0.3, -0.25) is 4.40 Å². The summed E-state index contributed by atoms with van der Waals surface area (Å²) in [5.41, 5.74) is 4.94. The van der Waals surface area contributed by atoms with Crippen molar-refractivity contribution < 1.29 is 4.74 Å². The molecular weight excluding hydrogens is 462 g/mol. The molecule has 2 aliphatic rings. The van der Waals surface area contributed by atoms with E-state index in [4.69, 9.17) is 26.3 Å². The number of likely N-dealkylation sites (tertiary alicyclic amines) is 1. The molecule has 0 amide bonds. The lowest BCUT2D eigenvalue weighted by molar-refractivity contribution is 0.143. The Morgan fingerprint density at radius 1 is 1.00 bits per heavy atom. The third-order valence-corrected chi connectivity index (χ3v) is 7.42. The van der Waals surface area contributed by atoms with E-state index in [1.54, 1.807) is 6.20 Å². The van der Waals surface area contributed by atoms with Crippen molar-refractivity contribution in [2.45, 2.75) is 25.7 Å². The first kappa shape index (κ1) is 23.4. The summed E-state index contributed by atoms with van der Waals surface area (Å²) in [5.74, 6) is 1.48. The maximum absolute atomic E-state index is 7.33. The van der Waals surface area contributed by atoms with Crippen LogP contribution in [0.2, 0.25) is 0 Å². The molecule has 0 bridgehead atoms. The first-order chi connectivity index (χ1) is 18.2. The lowest BCUT2D eigenvalue weighted by atomic mass is 10.00. The van der Waals surface area contributed by atoms with Crippen molar-refractivity contribution in [3.8, 4) is 28.4 Å². The zero-order valence-corrected chi connectivity index (χ0v) is 21.2. The zero-order chi connectivity index (χ0) is 25.2. The molecule has 3 aromatic heterocycles. The lowest BCUT2D eigenvalue weighted by Crippen LogP contribution is -2.35. The SMILES string of the molecule is [C-]#[N+]c1ccc(-c2nc(OC[C@@H]3CCCN(C)C3)n3ccnc3c2-c2ccc(N3CCCC3)nc2)cc1. The number of ether oxygens (including phenoxy) is 1. The van der Waals surface area contributed by atoms with Crippen molar-refractivity contribution >= 4 is 17.2 Å². The number of rotatable bonds is 6.